The molecule has 2 rings (SSSR count). The molecule has 7 nitrogen and oxygen atoms in total. The highest BCUT2D eigenvalue weighted by atomic mass is 16.5. The lowest BCUT2D eigenvalue weighted by Crippen LogP contribution is -2.29. The summed E-state index contributed by atoms with van der Waals surface area (Å²) >= 11 is 0. The predicted octanol–water partition coefficient (Wildman–Crippen LogP) is 2.18. The van der Waals surface area contributed by atoms with Crippen molar-refractivity contribution in [1.29, 1.82) is 0 Å². The fraction of sp³-hybridized carbons (Fsp3) is 0.300. The first-order valence-electron chi connectivity index (χ1n) is 8.50. The minimum absolute atomic E-state index is 0.139. The second-order valence-corrected chi connectivity index (χ2v) is 5.90. The molecule has 144 valence electrons. The van der Waals surface area contributed by atoms with Crippen LogP contribution in [0.4, 0.5) is 4.79 Å². The van der Waals surface area contributed by atoms with E-state index in [-0.39, 0.29) is 19.6 Å². The van der Waals surface area contributed by atoms with Crippen molar-refractivity contribution in [2.45, 2.75) is 25.2 Å². The van der Waals surface area contributed by atoms with E-state index in [1.54, 1.807) is 12.1 Å². The molecule has 0 fully saturated rings. The van der Waals surface area contributed by atoms with E-state index in [1.165, 1.54) is 19.2 Å². The Labute approximate surface area is 157 Å². The number of carbonyl (C=O) groups is 2. The Morgan fingerprint density at radius 3 is 2.33 bits per heavy atom. The predicted molar refractivity (Wildman–Crippen MR) is 98.0 cm³/mol. The first-order valence-corrected chi connectivity index (χ1v) is 8.50. The molecule has 0 aliphatic carbocycles. The van der Waals surface area contributed by atoms with Gasteiger partial charge in [-0.25, -0.2) is 9.59 Å². The fourth-order valence-corrected chi connectivity index (χ4v) is 2.41. The summed E-state index contributed by atoms with van der Waals surface area (Å²) in [7, 11) is 1.28. The number of ether oxygens (including phenoxy) is 2. The van der Waals surface area contributed by atoms with Crippen LogP contribution in [0.2, 0.25) is 0 Å². The highest BCUT2D eigenvalue weighted by molar-refractivity contribution is 5.89. The van der Waals surface area contributed by atoms with Gasteiger partial charge in [-0.3, -0.25) is 0 Å². The Bertz CT molecular complexity index is 732. The zero-order valence-electron chi connectivity index (χ0n) is 15.0. The molecule has 27 heavy (non-hydrogen) atoms. The number of esters is 1. The first-order chi connectivity index (χ1) is 13.0. The SMILES string of the molecule is COC(=O)c1ccc(C(O)C(O)CCNC(=O)OCc2ccccc2)cc1. The lowest BCUT2D eigenvalue weighted by Gasteiger charge is -2.18. The minimum Gasteiger partial charge on any atom is -0.465 e. The van der Waals surface area contributed by atoms with Crippen molar-refractivity contribution < 1.29 is 29.3 Å². The summed E-state index contributed by atoms with van der Waals surface area (Å²) < 4.78 is 9.67. The van der Waals surface area contributed by atoms with Crippen LogP contribution in [-0.2, 0) is 16.1 Å². The molecule has 0 saturated heterocycles. The number of aliphatic hydroxyl groups is 2. The molecule has 0 aliphatic rings. The standard InChI is InChI=1S/C20H23NO6/c1-26-19(24)16-9-7-15(8-10-16)18(23)17(22)11-12-21-20(25)27-13-14-5-3-2-4-6-14/h2-10,17-18,22-23H,11-13H2,1H3,(H,21,25). The number of nitrogens with one attached hydrogen (secondary N) is 1. The van der Waals surface area contributed by atoms with E-state index < -0.39 is 24.3 Å². The normalized spacial score (nSPS) is 12.7. The Kier molecular flexibility index (Phi) is 7.79. The molecule has 0 spiro atoms. The summed E-state index contributed by atoms with van der Waals surface area (Å²) in [4.78, 5) is 23.0. The lowest BCUT2D eigenvalue weighted by molar-refractivity contribution is 0.0136. The molecular formula is C20H23NO6. The second-order valence-electron chi connectivity index (χ2n) is 5.90. The van der Waals surface area contributed by atoms with Gasteiger partial charge < -0.3 is 25.0 Å². The average molecular weight is 373 g/mol. The van der Waals surface area contributed by atoms with E-state index in [2.05, 4.69) is 10.1 Å². The molecule has 2 atom stereocenters. The van der Waals surface area contributed by atoms with Gasteiger partial charge in [-0.05, 0) is 29.7 Å². The quantitative estimate of drug-likeness (QED) is 0.613. The lowest BCUT2D eigenvalue weighted by atomic mass is 10.0. The van der Waals surface area contributed by atoms with Gasteiger partial charge in [-0.1, -0.05) is 42.5 Å². The van der Waals surface area contributed by atoms with Crippen molar-refractivity contribution in [3.05, 3.63) is 71.3 Å². The third-order valence-electron chi connectivity index (χ3n) is 3.96. The molecule has 3 N–H and O–H groups in total. The van der Waals surface area contributed by atoms with E-state index >= 15 is 0 Å². The summed E-state index contributed by atoms with van der Waals surface area (Å²) in [5, 5.41) is 22.8. The number of hydrogen-bond donors (Lipinski definition) is 3. The Hall–Kier alpha value is -2.90. The van der Waals surface area contributed by atoms with Crippen LogP contribution in [-0.4, -0.2) is 42.0 Å². The van der Waals surface area contributed by atoms with E-state index in [1.807, 2.05) is 30.3 Å². The smallest absolute Gasteiger partial charge is 0.407 e. The molecule has 1 amide bonds. The number of hydrogen-bond acceptors (Lipinski definition) is 6. The van der Waals surface area contributed by atoms with E-state index in [9.17, 15) is 19.8 Å². The maximum atomic E-state index is 11.6. The molecule has 0 aliphatic heterocycles. The van der Waals surface area contributed by atoms with Crippen LogP contribution < -0.4 is 5.32 Å². The number of benzene rings is 2. The Morgan fingerprint density at radius 2 is 1.70 bits per heavy atom. The maximum absolute atomic E-state index is 11.6. The highest BCUT2D eigenvalue weighted by Crippen LogP contribution is 2.19. The molecule has 0 radical (unpaired) electrons. The molecule has 0 saturated carbocycles. The number of amides is 1. The number of aliphatic hydroxyl groups excluding tert-OH is 2. The van der Waals surface area contributed by atoms with Gasteiger partial charge >= 0.3 is 12.1 Å². The van der Waals surface area contributed by atoms with Crippen LogP contribution >= 0.6 is 0 Å². The fourth-order valence-electron chi connectivity index (χ4n) is 2.41. The molecular weight excluding hydrogens is 350 g/mol. The van der Waals surface area contributed by atoms with Gasteiger partial charge in [0.2, 0.25) is 0 Å². The summed E-state index contributed by atoms with van der Waals surface area (Å²) in [6.07, 6.45) is -2.68. The molecule has 2 aromatic rings. The zero-order chi connectivity index (χ0) is 19.6. The molecule has 2 aromatic carbocycles. The van der Waals surface area contributed by atoms with Gasteiger partial charge in [-0.2, -0.15) is 0 Å². The van der Waals surface area contributed by atoms with Crippen molar-refractivity contribution in [3.8, 4) is 0 Å². The Morgan fingerprint density at radius 1 is 1.04 bits per heavy atom. The Balaban J connectivity index is 1.73. The van der Waals surface area contributed by atoms with Gasteiger partial charge in [0, 0.05) is 6.54 Å². The van der Waals surface area contributed by atoms with Crippen molar-refractivity contribution >= 4 is 12.1 Å². The number of carbonyl (C=O) groups excluding carboxylic acids is 2. The average Bonchev–Trinajstić information content (AvgIpc) is 2.72. The van der Waals surface area contributed by atoms with Crippen molar-refractivity contribution in [3.63, 3.8) is 0 Å². The molecule has 0 bridgehead atoms. The topological polar surface area (TPSA) is 105 Å². The highest BCUT2D eigenvalue weighted by Gasteiger charge is 2.19. The van der Waals surface area contributed by atoms with Crippen LogP contribution in [0.3, 0.4) is 0 Å². The summed E-state index contributed by atoms with van der Waals surface area (Å²) in [6, 6.07) is 15.4. The number of methoxy groups -OCH3 is 1. The van der Waals surface area contributed by atoms with Gasteiger partial charge in [-0.15, -0.1) is 0 Å². The van der Waals surface area contributed by atoms with Crippen LogP contribution in [0.1, 0.15) is 34.0 Å². The van der Waals surface area contributed by atoms with Crippen LogP contribution in [0.15, 0.2) is 54.6 Å². The molecule has 0 heterocycles. The third kappa shape index (κ3) is 6.40. The van der Waals surface area contributed by atoms with Gasteiger partial charge in [0.15, 0.2) is 0 Å². The molecule has 7 heteroatoms. The largest absolute Gasteiger partial charge is 0.465 e. The van der Waals surface area contributed by atoms with Crippen LogP contribution in [0.25, 0.3) is 0 Å². The maximum Gasteiger partial charge on any atom is 0.407 e. The van der Waals surface area contributed by atoms with Gasteiger partial charge in [0.1, 0.15) is 12.7 Å². The zero-order valence-corrected chi connectivity index (χ0v) is 15.0. The van der Waals surface area contributed by atoms with E-state index in [0.29, 0.717) is 11.1 Å². The second kappa shape index (κ2) is 10.3. The third-order valence-corrected chi connectivity index (χ3v) is 3.96. The van der Waals surface area contributed by atoms with Crippen molar-refractivity contribution in [2.75, 3.05) is 13.7 Å². The van der Waals surface area contributed by atoms with Crippen molar-refractivity contribution in [2.24, 2.45) is 0 Å². The van der Waals surface area contributed by atoms with Crippen LogP contribution in [0.5, 0.6) is 0 Å². The van der Waals surface area contributed by atoms with Gasteiger partial charge in [0.05, 0.1) is 18.8 Å². The first kappa shape index (κ1) is 20.4. The van der Waals surface area contributed by atoms with Crippen LogP contribution in [0, 0.1) is 0 Å². The number of alkyl carbamates (subject to hydrolysis) is 1. The van der Waals surface area contributed by atoms with Gasteiger partial charge in [0.25, 0.3) is 0 Å². The van der Waals surface area contributed by atoms with E-state index in [0.717, 1.165) is 5.56 Å². The molecule has 2 unspecified atom stereocenters. The monoisotopic (exact) mass is 373 g/mol. The summed E-state index contributed by atoms with van der Waals surface area (Å²) in [5.41, 5.74) is 1.69. The minimum atomic E-state index is -1.14. The summed E-state index contributed by atoms with van der Waals surface area (Å²) in [6.45, 7) is 0.302. The van der Waals surface area contributed by atoms with Crippen molar-refractivity contribution in [1.82, 2.24) is 5.32 Å². The number of rotatable bonds is 8. The molecule has 0 aromatic heterocycles. The van der Waals surface area contributed by atoms with E-state index in [4.69, 9.17) is 4.74 Å². The summed E-state index contributed by atoms with van der Waals surface area (Å²) in [5.74, 6) is -0.477.